The molecule has 4 saturated carbocycles. The van der Waals surface area contributed by atoms with Gasteiger partial charge in [-0.25, -0.2) is 0 Å². The van der Waals surface area contributed by atoms with Gasteiger partial charge in [0.1, 0.15) is 5.78 Å². The predicted molar refractivity (Wildman–Crippen MR) is 93.2 cm³/mol. The molecule has 3 nitrogen and oxygen atoms in total. The van der Waals surface area contributed by atoms with E-state index in [0.29, 0.717) is 54.1 Å². The van der Waals surface area contributed by atoms with Crippen LogP contribution in [0.25, 0.3) is 0 Å². The molecule has 24 heavy (non-hydrogen) atoms. The number of carbonyl (C=O) groups excluding carboxylic acids is 1. The Bertz CT molecular complexity index is 531. The molecule has 0 aliphatic heterocycles. The number of hydrogen-bond acceptors (Lipinski definition) is 3. The Morgan fingerprint density at radius 2 is 1.88 bits per heavy atom. The van der Waals surface area contributed by atoms with E-state index in [1.54, 1.807) is 0 Å². The molecule has 0 saturated heterocycles. The van der Waals surface area contributed by atoms with Gasteiger partial charge in [0.05, 0.1) is 6.10 Å². The minimum absolute atomic E-state index is 0.0556. The van der Waals surface area contributed by atoms with Crippen molar-refractivity contribution in [3.05, 3.63) is 0 Å². The van der Waals surface area contributed by atoms with Gasteiger partial charge in [0, 0.05) is 24.9 Å². The Balaban J connectivity index is 1.75. The highest BCUT2D eigenvalue weighted by Crippen LogP contribution is 2.68. The van der Waals surface area contributed by atoms with Gasteiger partial charge in [0.25, 0.3) is 0 Å². The number of carbonyl (C=O) groups is 1. The summed E-state index contributed by atoms with van der Waals surface area (Å²) >= 11 is 0. The van der Waals surface area contributed by atoms with Gasteiger partial charge >= 0.3 is 0 Å². The van der Waals surface area contributed by atoms with Gasteiger partial charge in [-0.1, -0.05) is 20.8 Å². The zero-order valence-electron chi connectivity index (χ0n) is 15.5. The second-order valence-corrected chi connectivity index (χ2v) is 9.96. The fourth-order valence-electron chi connectivity index (χ4n) is 8.05. The van der Waals surface area contributed by atoms with E-state index in [1.165, 1.54) is 0 Å². The highest BCUT2D eigenvalue weighted by atomic mass is 16.3. The van der Waals surface area contributed by atoms with E-state index < -0.39 is 0 Å². The first-order valence-corrected chi connectivity index (χ1v) is 10.1. The largest absolute Gasteiger partial charge is 0.396 e. The first kappa shape index (κ1) is 17.0. The predicted octanol–water partition coefficient (Wildman–Crippen LogP) is 3.42. The number of hydrogen-bond donors (Lipinski definition) is 2. The van der Waals surface area contributed by atoms with E-state index >= 15 is 0 Å². The molecule has 4 aliphatic rings. The molecule has 4 unspecified atom stereocenters. The average molecular weight is 335 g/mol. The van der Waals surface area contributed by atoms with Gasteiger partial charge in [-0.15, -0.1) is 0 Å². The number of fused-ring (bicyclic) bond motifs is 5. The Kier molecular flexibility index (Phi) is 3.93. The SMILES string of the molecule is CC1CC2CC(=O)CC(C)[C@]2(CO)[C@@H]2CC[C@]3(C)C(O)CC[C@H]3[C@H]12. The Morgan fingerprint density at radius 1 is 1.12 bits per heavy atom. The fraction of sp³-hybridized carbons (Fsp3) is 0.952. The number of aliphatic hydroxyl groups is 2. The standard InChI is InChI=1S/C21H34O3/c1-12-8-14-10-15(23)9-13(2)21(14,11-22)17-6-7-20(3)16(19(12)17)4-5-18(20)24/h12-14,16-19,22,24H,4-11H2,1-3H3/t12?,13?,14?,16-,17+,18?,19-,20-,21-/m0/s1. The minimum atomic E-state index is -0.149. The second kappa shape index (κ2) is 5.54. The summed E-state index contributed by atoms with van der Waals surface area (Å²) in [7, 11) is 0. The molecular weight excluding hydrogens is 300 g/mol. The fourth-order valence-corrected chi connectivity index (χ4v) is 8.05. The highest BCUT2D eigenvalue weighted by molar-refractivity contribution is 5.80. The molecule has 136 valence electrons. The van der Waals surface area contributed by atoms with Crippen LogP contribution in [0.2, 0.25) is 0 Å². The van der Waals surface area contributed by atoms with Crippen molar-refractivity contribution in [2.75, 3.05) is 6.61 Å². The molecule has 0 aromatic heterocycles. The molecular formula is C21H34O3. The lowest BCUT2D eigenvalue weighted by Crippen LogP contribution is -2.61. The summed E-state index contributed by atoms with van der Waals surface area (Å²) in [5.74, 6) is 3.40. The second-order valence-electron chi connectivity index (χ2n) is 9.96. The van der Waals surface area contributed by atoms with Crippen LogP contribution in [0.1, 0.15) is 65.7 Å². The molecule has 0 aromatic carbocycles. The van der Waals surface area contributed by atoms with Crippen LogP contribution in [0.3, 0.4) is 0 Å². The van der Waals surface area contributed by atoms with Crippen LogP contribution in [0.15, 0.2) is 0 Å². The first-order valence-electron chi connectivity index (χ1n) is 10.1. The van der Waals surface area contributed by atoms with Crippen LogP contribution in [0.5, 0.6) is 0 Å². The van der Waals surface area contributed by atoms with E-state index in [4.69, 9.17) is 0 Å². The van der Waals surface area contributed by atoms with E-state index in [-0.39, 0.29) is 23.5 Å². The van der Waals surface area contributed by atoms with E-state index in [0.717, 1.165) is 32.1 Å². The maximum Gasteiger partial charge on any atom is 0.133 e. The van der Waals surface area contributed by atoms with Crippen molar-refractivity contribution in [1.29, 1.82) is 0 Å². The van der Waals surface area contributed by atoms with Crippen molar-refractivity contribution >= 4 is 5.78 Å². The molecule has 3 heteroatoms. The first-order chi connectivity index (χ1) is 11.3. The molecule has 0 radical (unpaired) electrons. The molecule has 9 atom stereocenters. The van der Waals surface area contributed by atoms with Crippen molar-refractivity contribution in [1.82, 2.24) is 0 Å². The van der Waals surface area contributed by atoms with E-state index in [9.17, 15) is 15.0 Å². The van der Waals surface area contributed by atoms with Gasteiger partial charge in [0.2, 0.25) is 0 Å². The van der Waals surface area contributed by atoms with Gasteiger partial charge in [-0.3, -0.25) is 4.79 Å². The zero-order valence-corrected chi connectivity index (χ0v) is 15.5. The van der Waals surface area contributed by atoms with E-state index in [2.05, 4.69) is 20.8 Å². The summed E-state index contributed by atoms with van der Waals surface area (Å²) in [6.45, 7) is 7.14. The third-order valence-electron chi connectivity index (χ3n) is 9.25. The molecule has 0 aromatic rings. The molecule has 0 spiro atoms. The molecule has 0 amide bonds. The molecule has 4 fully saturated rings. The third kappa shape index (κ3) is 2.00. The molecule has 2 N–H and O–H groups in total. The Morgan fingerprint density at radius 3 is 2.58 bits per heavy atom. The van der Waals surface area contributed by atoms with Crippen molar-refractivity contribution < 1.29 is 15.0 Å². The van der Waals surface area contributed by atoms with E-state index in [1.807, 2.05) is 0 Å². The van der Waals surface area contributed by atoms with Crippen LogP contribution < -0.4 is 0 Å². The van der Waals surface area contributed by atoms with Crippen LogP contribution in [-0.2, 0) is 4.79 Å². The quantitative estimate of drug-likeness (QED) is 0.772. The number of aliphatic hydroxyl groups excluding tert-OH is 2. The van der Waals surface area contributed by atoms with Crippen LogP contribution in [0, 0.1) is 46.3 Å². The lowest BCUT2D eigenvalue weighted by molar-refractivity contribution is -0.186. The van der Waals surface area contributed by atoms with Crippen LogP contribution >= 0.6 is 0 Å². The summed E-state index contributed by atoms with van der Waals surface area (Å²) in [6.07, 6.45) is 6.56. The maximum absolute atomic E-state index is 12.2. The van der Waals surface area contributed by atoms with Crippen molar-refractivity contribution in [2.45, 2.75) is 71.8 Å². The maximum atomic E-state index is 12.2. The number of ketones is 1. The molecule has 4 aliphatic carbocycles. The summed E-state index contributed by atoms with van der Waals surface area (Å²) in [6, 6.07) is 0. The monoisotopic (exact) mass is 334 g/mol. The zero-order chi connectivity index (χ0) is 17.3. The average Bonchev–Trinajstić information content (AvgIpc) is 2.82. The van der Waals surface area contributed by atoms with Gasteiger partial charge in [-0.2, -0.15) is 0 Å². The molecule has 4 rings (SSSR count). The lowest BCUT2D eigenvalue weighted by Gasteiger charge is -2.64. The van der Waals surface area contributed by atoms with Crippen molar-refractivity contribution in [3.8, 4) is 0 Å². The lowest BCUT2D eigenvalue weighted by atomic mass is 9.41. The van der Waals surface area contributed by atoms with Crippen LogP contribution in [0.4, 0.5) is 0 Å². The smallest absolute Gasteiger partial charge is 0.133 e. The summed E-state index contributed by atoms with van der Waals surface area (Å²) < 4.78 is 0. The van der Waals surface area contributed by atoms with Gasteiger partial charge < -0.3 is 10.2 Å². The summed E-state index contributed by atoms with van der Waals surface area (Å²) in [5, 5.41) is 21.2. The van der Waals surface area contributed by atoms with Crippen molar-refractivity contribution in [3.63, 3.8) is 0 Å². The number of rotatable bonds is 1. The molecule has 0 heterocycles. The van der Waals surface area contributed by atoms with Gasteiger partial charge in [0.15, 0.2) is 0 Å². The Labute approximate surface area is 146 Å². The minimum Gasteiger partial charge on any atom is -0.396 e. The van der Waals surface area contributed by atoms with Crippen molar-refractivity contribution in [2.24, 2.45) is 46.3 Å². The molecule has 0 bridgehead atoms. The third-order valence-corrected chi connectivity index (χ3v) is 9.25. The normalized spacial score (nSPS) is 57.2. The van der Waals surface area contributed by atoms with Crippen LogP contribution in [-0.4, -0.2) is 28.7 Å². The summed E-state index contributed by atoms with van der Waals surface area (Å²) in [5.41, 5.74) is 0.0204. The number of Topliss-reactive ketones (excluding diaryl/α,β-unsaturated/α-hetero) is 1. The topological polar surface area (TPSA) is 57.5 Å². The highest BCUT2D eigenvalue weighted by Gasteiger charge is 2.64. The Hall–Kier alpha value is -0.410. The van der Waals surface area contributed by atoms with Gasteiger partial charge in [-0.05, 0) is 73.0 Å². The summed E-state index contributed by atoms with van der Waals surface area (Å²) in [4.78, 5) is 12.2.